The van der Waals surface area contributed by atoms with Crippen molar-refractivity contribution < 1.29 is 19.2 Å². The van der Waals surface area contributed by atoms with E-state index < -0.39 is 18.1 Å². The van der Waals surface area contributed by atoms with Crippen molar-refractivity contribution in [1.29, 1.82) is 0 Å². The molecule has 2 heterocycles. The van der Waals surface area contributed by atoms with Gasteiger partial charge in [-0.05, 0) is 57.2 Å². The Morgan fingerprint density at radius 1 is 0.857 bits per heavy atom. The largest absolute Gasteiger partial charge is 0.496 e. The first kappa shape index (κ1) is 21.8. The van der Waals surface area contributed by atoms with Crippen molar-refractivity contribution in [2.24, 2.45) is 5.92 Å². The number of nitrogens with zero attached hydrogens (tertiary/aromatic N) is 2. The van der Waals surface area contributed by atoms with Gasteiger partial charge in [0, 0.05) is 5.39 Å². The molecule has 0 spiro atoms. The van der Waals surface area contributed by atoms with Crippen LogP contribution in [0.2, 0.25) is 0 Å². The Hall–Kier alpha value is -3.68. The SMILES string of the molecule is COc1ccc([C@@H]2[C@H]3C(=O)N(c4cccc5ccccc45)C(=O)[C@H]3ON2c2ccccc2)cc1Br. The number of carbonyl (C=O) groups is 2. The summed E-state index contributed by atoms with van der Waals surface area (Å²) in [7, 11) is 1.60. The van der Waals surface area contributed by atoms with Crippen LogP contribution in [0.25, 0.3) is 10.8 Å². The monoisotopic (exact) mass is 528 g/mol. The molecule has 0 aromatic heterocycles. The molecule has 0 saturated carbocycles. The number of anilines is 2. The number of amides is 2. The average molecular weight is 529 g/mol. The molecule has 2 saturated heterocycles. The zero-order chi connectivity index (χ0) is 24.1. The van der Waals surface area contributed by atoms with Crippen molar-refractivity contribution in [2.75, 3.05) is 17.1 Å². The van der Waals surface area contributed by atoms with Crippen LogP contribution in [0.5, 0.6) is 5.75 Å². The lowest BCUT2D eigenvalue weighted by Gasteiger charge is -2.29. The molecule has 3 atom stereocenters. The summed E-state index contributed by atoms with van der Waals surface area (Å²) < 4.78 is 6.15. The molecule has 7 heteroatoms. The second-order valence-electron chi connectivity index (χ2n) is 8.56. The summed E-state index contributed by atoms with van der Waals surface area (Å²) in [6.45, 7) is 0. The average Bonchev–Trinajstić information content (AvgIpc) is 3.40. The third-order valence-electron chi connectivity index (χ3n) is 6.65. The maximum Gasteiger partial charge on any atom is 0.266 e. The van der Waals surface area contributed by atoms with Crippen LogP contribution in [0.15, 0.2) is 95.5 Å². The standard InChI is InChI=1S/C28H21BrN2O4/c1-34-23-15-14-18(16-21(23)29)25-24-26(35-31(25)19-10-3-2-4-11-19)28(33)30(27(24)32)22-13-7-9-17-8-5-6-12-20(17)22/h2-16,24-26H,1H3/t24-,25-,26+/m1/s1. The molecule has 4 aromatic carbocycles. The van der Waals surface area contributed by atoms with E-state index in [1.54, 1.807) is 12.2 Å². The molecule has 0 N–H and O–H groups in total. The quantitative estimate of drug-likeness (QED) is 0.320. The fourth-order valence-corrected chi connectivity index (χ4v) is 5.62. The second-order valence-corrected chi connectivity index (χ2v) is 9.42. The molecule has 35 heavy (non-hydrogen) atoms. The Balaban J connectivity index is 1.47. The summed E-state index contributed by atoms with van der Waals surface area (Å²) in [6, 6.07) is 28.1. The molecule has 174 valence electrons. The molecule has 0 bridgehead atoms. The predicted octanol–water partition coefficient (Wildman–Crippen LogP) is 5.66. The van der Waals surface area contributed by atoms with Gasteiger partial charge in [-0.2, -0.15) is 0 Å². The van der Waals surface area contributed by atoms with Gasteiger partial charge in [0.05, 0.1) is 29.0 Å². The van der Waals surface area contributed by atoms with Gasteiger partial charge in [-0.3, -0.25) is 14.4 Å². The summed E-state index contributed by atoms with van der Waals surface area (Å²) in [5.74, 6) is -0.650. The number of imide groups is 1. The Bertz CT molecular complexity index is 1450. The summed E-state index contributed by atoms with van der Waals surface area (Å²) >= 11 is 3.56. The maximum atomic E-state index is 14.0. The fourth-order valence-electron chi connectivity index (χ4n) is 5.06. The molecule has 2 aliphatic heterocycles. The highest BCUT2D eigenvalue weighted by atomic mass is 79.9. The van der Waals surface area contributed by atoms with Crippen LogP contribution in [0.3, 0.4) is 0 Å². The van der Waals surface area contributed by atoms with Gasteiger partial charge >= 0.3 is 0 Å². The van der Waals surface area contributed by atoms with Gasteiger partial charge < -0.3 is 4.74 Å². The van der Waals surface area contributed by atoms with E-state index in [9.17, 15) is 9.59 Å². The molecule has 4 aromatic rings. The Morgan fingerprint density at radius 3 is 2.37 bits per heavy atom. The summed E-state index contributed by atoms with van der Waals surface area (Å²) in [5, 5.41) is 3.50. The number of hydrogen-bond donors (Lipinski definition) is 0. The van der Waals surface area contributed by atoms with Gasteiger partial charge in [0.1, 0.15) is 11.7 Å². The van der Waals surface area contributed by atoms with Crippen LogP contribution in [-0.4, -0.2) is 25.0 Å². The van der Waals surface area contributed by atoms with Crippen LogP contribution in [0.4, 0.5) is 11.4 Å². The minimum Gasteiger partial charge on any atom is -0.496 e. The van der Waals surface area contributed by atoms with Crippen LogP contribution >= 0.6 is 15.9 Å². The topological polar surface area (TPSA) is 59.1 Å². The molecule has 6 nitrogen and oxygen atoms in total. The minimum atomic E-state index is -0.924. The van der Waals surface area contributed by atoms with E-state index in [4.69, 9.17) is 9.57 Å². The van der Waals surface area contributed by atoms with Gasteiger partial charge in [0.2, 0.25) is 5.91 Å². The molecule has 2 aliphatic rings. The van der Waals surface area contributed by atoms with E-state index in [1.165, 1.54) is 4.90 Å². The number of hydroxylamine groups is 1. The van der Waals surface area contributed by atoms with E-state index in [0.717, 1.165) is 26.5 Å². The first-order valence-corrected chi connectivity index (χ1v) is 12.1. The number of carbonyl (C=O) groups excluding carboxylic acids is 2. The normalized spacial score (nSPS) is 21.6. The Kier molecular flexibility index (Phi) is 5.31. The van der Waals surface area contributed by atoms with Crippen molar-refractivity contribution in [3.8, 4) is 5.75 Å². The summed E-state index contributed by atoms with van der Waals surface area (Å²) in [6.07, 6.45) is -0.924. The number of fused-ring (bicyclic) bond motifs is 2. The van der Waals surface area contributed by atoms with E-state index in [1.807, 2.05) is 91.0 Å². The highest BCUT2D eigenvalue weighted by molar-refractivity contribution is 9.10. The molecular formula is C28H21BrN2O4. The smallest absolute Gasteiger partial charge is 0.266 e. The zero-order valence-electron chi connectivity index (χ0n) is 18.8. The lowest BCUT2D eigenvalue weighted by molar-refractivity contribution is -0.126. The number of halogens is 1. The molecule has 2 fully saturated rings. The third kappa shape index (κ3) is 3.42. The van der Waals surface area contributed by atoms with Gasteiger partial charge in [-0.15, -0.1) is 0 Å². The third-order valence-corrected chi connectivity index (χ3v) is 7.27. The molecular weight excluding hydrogens is 508 g/mol. The number of methoxy groups -OCH3 is 1. The van der Waals surface area contributed by atoms with Crippen molar-refractivity contribution in [3.63, 3.8) is 0 Å². The Labute approximate surface area is 210 Å². The highest BCUT2D eigenvalue weighted by Gasteiger charge is 2.60. The molecule has 0 aliphatic carbocycles. The minimum absolute atomic E-state index is 0.272. The van der Waals surface area contributed by atoms with Crippen molar-refractivity contribution in [2.45, 2.75) is 12.1 Å². The van der Waals surface area contributed by atoms with Crippen molar-refractivity contribution in [3.05, 3.63) is 101 Å². The number of hydrogen-bond acceptors (Lipinski definition) is 5. The van der Waals surface area contributed by atoms with Gasteiger partial charge in [0.25, 0.3) is 5.91 Å². The Morgan fingerprint density at radius 2 is 1.60 bits per heavy atom. The lowest BCUT2D eigenvalue weighted by Crippen LogP contribution is -2.37. The van der Waals surface area contributed by atoms with Crippen molar-refractivity contribution in [1.82, 2.24) is 0 Å². The number of rotatable bonds is 4. The van der Waals surface area contributed by atoms with Crippen LogP contribution < -0.4 is 14.7 Å². The fraction of sp³-hybridized carbons (Fsp3) is 0.143. The number of ether oxygens (including phenoxy) is 1. The molecule has 0 radical (unpaired) electrons. The first-order valence-electron chi connectivity index (χ1n) is 11.3. The van der Waals surface area contributed by atoms with E-state index in [-0.39, 0.29) is 11.8 Å². The van der Waals surface area contributed by atoms with Crippen LogP contribution in [0.1, 0.15) is 11.6 Å². The van der Waals surface area contributed by atoms with E-state index in [0.29, 0.717) is 11.4 Å². The van der Waals surface area contributed by atoms with Crippen LogP contribution in [0, 0.1) is 5.92 Å². The van der Waals surface area contributed by atoms with Gasteiger partial charge in [-0.1, -0.05) is 60.7 Å². The van der Waals surface area contributed by atoms with Gasteiger partial charge in [-0.25, -0.2) is 9.96 Å². The van der Waals surface area contributed by atoms with E-state index >= 15 is 0 Å². The zero-order valence-corrected chi connectivity index (χ0v) is 20.4. The van der Waals surface area contributed by atoms with Crippen LogP contribution in [-0.2, 0) is 14.4 Å². The van der Waals surface area contributed by atoms with Gasteiger partial charge in [0.15, 0.2) is 6.10 Å². The molecule has 6 rings (SSSR count). The first-order chi connectivity index (χ1) is 17.1. The highest BCUT2D eigenvalue weighted by Crippen LogP contribution is 2.49. The number of para-hydroxylation sites is 1. The maximum absolute atomic E-state index is 14.0. The summed E-state index contributed by atoms with van der Waals surface area (Å²) in [4.78, 5) is 35.2. The lowest BCUT2D eigenvalue weighted by atomic mass is 9.90. The number of benzene rings is 4. The van der Waals surface area contributed by atoms with E-state index in [2.05, 4.69) is 15.9 Å². The summed E-state index contributed by atoms with van der Waals surface area (Å²) in [5.41, 5.74) is 2.20. The molecule has 0 unspecified atom stereocenters. The molecule has 2 amide bonds. The predicted molar refractivity (Wildman–Crippen MR) is 137 cm³/mol. The van der Waals surface area contributed by atoms with Crippen molar-refractivity contribution >= 4 is 49.9 Å². The second kappa shape index (κ2) is 8.52.